The number of aliphatic hydroxyl groups excluding tert-OH is 1. The van der Waals surface area contributed by atoms with Crippen molar-refractivity contribution in [3.63, 3.8) is 0 Å². The van der Waals surface area contributed by atoms with Gasteiger partial charge >= 0.3 is 0 Å². The van der Waals surface area contributed by atoms with Gasteiger partial charge < -0.3 is 19.6 Å². The number of benzene rings is 2. The molecule has 1 aliphatic rings. The number of anilines is 1. The summed E-state index contributed by atoms with van der Waals surface area (Å²) in [5.74, 6) is 0.492. The maximum atomic E-state index is 13.0. The summed E-state index contributed by atoms with van der Waals surface area (Å²) in [6.07, 6.45) is -1.11. The van der Waals surface area contributed by atoms with Gasteiger partial charge in [-0.25, -0.2) is 0 Å². The number of aliphatic hydroxyl groups is 1. The predicted octanol–water partition coefficient (Wildman–Crippen LogP) is 3.22. The highest BCUT2D eigenvalue weighted by atomic mass is 35.5. The molecule has 1 aliphatic heterocycles. The van der Waals surface area contributed by atoms with Crippen LogP contribution in [0.25, 0.3) is 0 Å². The molecular formula is C20H25ClN2O3S. The summed E-state index contributed by atoms with van der Waals surface area (Å²) in [6.45, 7) is 1.26. The molecule has 5 nitrogen and oxygen atoms in total. The second-order valence-electron chi connectivity index (χ2n) is 6.52. The van der Waals surface area contributed by atoms with E-state index in [9.17, 15) is 9.90 Å². The molecule has 0 saturated heterocycles. The average Bonchev–Trinajstić information content (AvgIpc) is 2.76. The summed E-state index contributed by atoms with van der Waals surface area (Å²) >= 11 is 1.53. The molecule has 1 amide bonds. The van der Waals surface area contributed by atoms with Crippen molar-refractivity contribution in [1.29, 1.82) is 0 Å². The van der Waals surface area contributed by atoms with E-state index in [0.717, 1.165) is 28.4 Å². The van der Waals surface area contributed by atoms with Gasteiger partial charge in [0.15, 0.2) is 0 Å². The Hall–Kier alpha value is -1.73. The van der Waals surface area contributed by atoms with Crippen LogP contribution in [0.4, 0.5) is 5.69 Å². The number of methoxy groups -OCH3 is 1. The minimum atomic E-state index is -1.11. The summed E-state index contributed by atoms with van der Waals surface area (Å²) in [5.41, 5.74) is 1.76. The van der Waals surface area contributed by atoms with E-state index in [4.69, 9.17) is 4.74 Å². The number of rotatable bonds is 5. The number of hydrogen-bond donors (Lipinski definition) is 1. The van der Waals surface area contributed by atoms with E-state index < -0.39 is 6.10 Å². The normalized spacial score (nSPS) is 19.3. The number of ether oxygens (including phenoxy) is 1. The third-order valence-corrected chi connectivity index (χ3v) is 5.81. The zero-order valence-electron chi connectivity index (χ0n) is 15.7. The molecular weight excluding hydrogens is 384 g/mol. The Labute approximate surface area is 170 Å². The topological polar surface area (TPSA) is 53.0 Å². The van der Waals surface area contributed by atoms with Crippen molar-refractivity contribution in [3.05, 3.63) is 54.1 Å². The quantitative estimate of drug-likeness (QED) is 0.823. The molecule has 2 aromatic rings. The number of para-hydroxylation sites is 1. The molecule has 0 radical (unpaired) electrons. The van der Waals surface area contributed by atoms with E-state index in [1.807, 2.05) is 67.5 Å². The molecule has 0 aliphatic carbocycles. The molecule has 1 N–H and O–H groups in total. The average molecular weight is 409 g/mol. The van der Waals surface area contributed by atoms with Gasteiger partial charge in [-0.15, -0.1) is 24.2 Å². The maximum absolute atomic E-state index is 13.0. The number of carbonyl (C=O) groups is 1. The van der Waals surface area contributed by atoms with Crippen molar-refractivity contribution >= 4 is 35.8 Å². The van der Waals surface area contributed by atoms with Gasteiger partial charge in [0.1, 0.15) is 11.9 Å². The Kier molecular flexibility index (Phi) is 7.56. The van der Waals surface area contributed by atoms with Gasteiger partial charge in [0.05, 0.1) is 18.0 Å². The number of nitrogens with zero attached hydrogens (tertiary/aromatic N) is 2. The minimum absolute atomic E-state index is 0. The number of fused-ring (bicyclic) bond motifs is 1. The lowest BCUT2D eigenvalue weighted by atomic mass is 10.1. The Morgan fingerprint density at radius 3 is 2.44 bits per heavy atom. The summed E-state index contributed by atoms with van der Waals surface area (Å²) in [6, 6.07) is 15.4. The molecule has 2 aromatic carbocycles. The van der Waals surface area contributed by atoms with Crippen molar-refractivity contribution in [2.75, 3.05) is 39.2 Å². The van der Waals surface area contributed by atoms with E-state index in [-0.39, 0.29) is 23.6 Å². The molecule has 0 spiro atoms. The van der Waals surface area contributed by atoms with E-state index in [2.05, 4.69) is 0 Å². The Balaban J connectivity index is 0.00000261. The van der Waals surface area contributed by atoms with Crippen LogP contribution in [0.1, 0.15) is 10.8 Å². The SMILES string of the molecule is COc1ccc([C@@H]2Sc3ccccc3N(CCN(C)C)C(=O)[C@@H]2O)cc1.Cl. The molecule has 0 bridgehead atoms. The highest BCUT2D eigenvalue weighted by Gasteiger charge is 2.37. The molecule has 1 heterocycles. The summed E-state index contributed by atoms with van der Waals surface area (Å²) < 4.78 is 5.21. The fourth-order valence-corrected chi connectivity index (χ4v) is 4.23. The fourth-order valence-electron chi connectivity index (χ4n) is 2.96. The lowest BCUT2D eigenvalue weighted by molar-refractivity contribution is -0.126. The van der Waals surface area contributed by atoms with Crippen molar-refractivity contribution in [2.24, 2.45) is 0 Å². The molecule has 0 fully saturated rings. The third-order valence-electron chi connectivity index (χ3n) is 4.43. The van der Waals surface area contributed by atoms with Crippen LogP contribution in [0.15, 0.2) is 53.4 Å². The second kappa shape index (κ2) is 9.46. The molecule has 7 heteroatoms. The third kappa shape index (κ3) is 4.76. The van der Waals surface area contributed by atoms with Crippen LogP contribution in [0.3, 0.4) is 0 Å². The van der Waals surface area contributed by atoms with Crippen molar-refractivity contribution in [3.8, 4) is 5.75 Å². The molecule has 2 atom stereocenters. The van der Waals surface area contributed by atoms with Gasteiger partial charge in [-0.1, -0.05) is 24.3 Å². The molecule has 0 unspecified atom stereocenters. The monoisotopic (exact) mass is 408 g/mol. The van der Waals surface area contributed by atoms with Gasteiger partial charge in [0.2, 0.25) is 0 Å². The first-order valence-corrected chi connectivity index (χ1v) is 9.43. The van der Waals surface area contributed by atoms with E-state index in [0.29, 0.717) is 6.54 Å². The number of amides is 1. The first-order chi connectivity index (χ1) is 12.5. The molecule has 27 heavy (non-hydrogen) atoms. The van der Waals surface area contributed by atoms with Gasteiger partial charge in [-0.05, 0) is 43.9 Å². The highest BCUT2D eigenvalue weighted by Crippen LogP contribution is 2.45. The van der Waals surface area contributed by atoms with Gasteiger partial charge in [0.25, 0.3) is 5.91 Å². The zero-order chi connectivity index (χ0) is 18.7. The van der Waals surface area contributed by atoms with Crippen LogP contribution in [0.5, 0.6) is 5.75 Å². The molecule has 3 rings (SSSR count). The molecule has 146 valence electrons. The summed E-state index contributed by atoms with van der Waals surface area (Å²) in [4.78, 5) is 17.8. The van der Waals surface area contributed by atoms with Crippen molar-refractivity contribution in [2.45, 2.75) is 16.2 Å². The largest absolute Gasteiger partial charge is 0.497 e. The standard InChI is InChI=1S/C20H24N2O3S.ClH/c1-21(2)12-13-22-16-6-4-5-7-17(16)26-19(18(23)20(22)24)14-8-10-15(25-3)11-9-14;/h4-11,18-19,23H,12-13H2,1-3H3;1H/t18-,19+;/m1./s1. The van der Waals surface area contributed by atoms with E-state index >= 15 is 0 Å². The highest BCUT2D eigenvalue weighted by molar-refractivity contribution is 7.99. The summed E-state index contributed by atoms with van der Waals surface area (Å²) in [5, 5.41) is 10.5. The Morgan fingerprint density at radius 2 is 1.81 bits per heavy atom. The fraction of sp³-hybridized carbons (Fsp3) is 0.350. The number of likely N-dealkylation sites (N-methyl/N-ethyl adjacent to an activating group) is 1. The zero-order valence-corrected chi connectivity index (χ0v) is 17.3. The first-order valence-electron chi connectivity index (χ1n) is 8.55. The van der Waals surface area contributed by atoms with Crippen LogP contribution in [-0.2, 0) is 4.79 Å². The van der Waals surface area contributed by atoms with Gasteiger partial charge in [-0.2, -0.15) is 0 Å². The Bertz CT molecular complexity index is 770. The van der Waals surface area contributed by atoms with Crippen LogP contribution in [-0.4, -0.2) is 56.3 Å². The van der Waals surface area contributed by atoms with Crippen LogP contribution in [0, 0.1) is 0 Å². The maximum Gasteiger partial charge on any atom is 0.257 e. The van der Waals surface area contributed by atoms with Crippen LogP contribution < -0.4 is 9.64 Å². The summed E-state index contributed by atoms with van der Waals surface area (Å²) in [7, 11) is 5.56. The molecule has 0 aromatic heterocycles. The predicted molar refractivity (Wildman–Crippen MR) is 112 cm³/mol. The lowest BCUT2D eigenvalue weighted by Gasteiger charge is -2.26. The number of hydrogen-bond acceptors (Lipinski definition) is 5. The van der Waals surface area contributed by atoms with Crippen molar-refractivity contribution < 1.29 is 14.6 Å². The second-order valence-corrected chi connectivity index (χ2v) is 7.70. The van der Waals surface area contributed by atoms with Crippen LogP contribution >= 0.6 is 24.2 Å². The molecule has 0 saturated carbocycles. The smallest absolute Gasteiger partial charge is 0.257 e. The van der Waals surface area contributed by atoms with Crippen LogP contribution in [0.2, 0.25) is 0 Å². The number of halogens is 1. The number of carbonyl (C=O) groups excluding carboxylic acids is 1. The number of thioether (sulfide) groups is 1. The van der Waals surface area contributed by atoms with Gasteiger partial charge in [0, 0.05) is 18.0 Å². The van der Waals surface area contributed by atoms with Gasteiger partial charge in [-0.3, -0.25) is 4.79 Å². The van der Waals surface area contributed by atoms with Crippen molar-refractivity contribution in [1.82, 2.24) is 4.90 Å². The van der Waals surface area contributed by atoms with E-state index in [1.54, 1.807) is 12.0 Å². The first kappa shape index (κ1) is 21.6. The van der Waals surface area contributed by atoms with E-state index in [1.165, 1.54) is 11.8 Å². The lowest BCUT2D eigenvalue weighted by Crippen LogP contribution is -2.43. The Morgan fingerprint density at radius 1 is 1.15 bits per heavy atom. The minimum Gasteiger partial charge on any atom is -0.497 e.